The standard InChI is InChI=1S/C29H36ClN7O3/c1-3-6-22-17-36(13-14-39-22)29-35-26-24(37(29)16-19-11-9-18(4-2)10-12-19)23(20-7-5-8-21(30)15-20)33-27(34-26)25(31)40-28(32)38/h4-5,7-8,15,18-19,22,31H,2-3,6,9-14,16-17H2,1H3,(H2,32,38)/t18-,19-,22-/m1/s1. The number of benzene rings is 1. The molecule has 1 saturated heterocycles. The molecular formula is C29H36ClN7O3. The number of morpholine rings is 1. The lowest BCUT2D eigenvalue weighted by atomic mass is 9.82. The molecule has 1 aliphatic carbocycles. The van der Waals surface area contributed by atoms with E-state index in [2.05, 4.69) is 34.0 Å². The van der Waals surface area contributed by atoms with Crippen molar-refractivity contribution in [2.75, 3.05) is 24.6 Å². The Morgan fingerprint density at radius 3 is 2.77 bits per heavy atom. The van der Waals surface area contributed by atoms with Crippen molar-refractivity contribution in [3.63, 3.8) is 0 Å². The largest absolute Gasteiger partial charge is 0.411 e. The van der Waals surface area contributed by atoms with Gasteiger partial charge in [0, 0.05) is 30.2 Å². The van der Waals surface area contributed by atoms with E-state index in [1.165, 1.54) is 0 Å². The summed E-state index contributed by atoms with van der Waals surface area (Å²) >= 11 is 6.39. The number of fused-ring (bicyclic) bond motifs is 1. The van der Waals surface area contributed by atoms with Crippen LogP contribution in [0.5, 0.6) is 0 Å². The van der Waals surface area contributed by atoms with Crippen LogP contribution in [0.15, 0.2) is 36.9 Å². The lowest BCUT2D eigenvalue weighted by molar-refractivity contribution is 0.0340. The van der Waals surface area contributed by atoms with E-state index in [9.17, 15) is 4.79 Å². The van der Waals surface area contributed by atoms with Gasteiger partial charge < -0.3 is 24.7 Å². The van der Waals surface area contributed by atoms with Crippen LogP contribution in [0, 0.1) is 17.2 Å². The number of primary amides is 1. The van der Waals surface area contributed by atoms with Gasteiger partial charge in [-0.05, 0) is 56.1 Å². The van der Waals surface area contributed by atoms with Gasteiger partial charge in [-0.2, -0.15) is 4.98 Å². The van der Waals surface area contributed by atoms with Crippen molar-refractivity contribution < 1.29 is 14.3 Å². The predicted molar refractivity (Wildman–Crippen MR) is 156 cm³/mol. The fraction of sp³-hybridized carbons (Fsp3) is 0.483. The van der Waals surface area contributed by atoms with Gasteiger partial charge in [0.05, 0.1) is 12.7 Å². The van der Waals surface area contributed by atoms with Crippen molar-refractivity contribution >= 4 is 40.7 Å². The Kier molecular flexibility index (Phi) is 8.66. The van der Waals surface area contributed by atoms with Gasteiger partial charge in [-0.1, -0.05) is 43.2 Å². The number of hydrogen-bond donors (Lipinski definition) is 2. The van der Waals surface area contributed by atoms with Gasteiger partial charge in [0.2, 0.25) is 11.8 Å². The number of aromatic nitrogens is 4. The molecule has 0 radical (unpaired) electrons. The van der Waals surface area contributed by atoms with Crippen molar-refractivity contribution in [1.82, 2.24) is 19.5 Å². The molecule has 2 fully saturated rings. The minimum atomic E-state index is -1.10. The van der Waals surface area contributed by atoms with Crippen molar-refractivity contribution in [1.29, 1.82) is 5.41 Å². The van der Waals surface area contributed by atoms with Gasteiger partial charge in [-0.25, -0.2) is 14.8 Å². The highest BCUT2D eigenvalue weighted by atomic mass is 35.5. The normalized spacial score (nSPS) is 21.4. The zero-order valence-corrected chi connectivity index (χ0v) is 23.6. The van der Waals surface area contributed by atoms with Gasteiger partial charge in [0.25, 0.3) is 5.90 Å². The number of rotatable bonds is 8. The van der Waals surface area contributed by atoms with E-state index in [-0.39, 0.29) is 11.9 Å². The number of carbonyl (C=O) groups is 1. The molecule has 0 unspecified atom stereocenters. The van der Waals surface area contributed by atoms with Gasteiger partial charge in [0.1, 0.15) is 11.2 Å². The molecule has 10 nitrogen and oxygen atoms in total. The molecule has 0 spiro atoms. The molecule has 1 saturated carbocycles. The van der Waals surface area contributed by atoms with E-state index in [1.54, 1.807) is 6.07 Å². The average molecular weight is 566 g/mol. The van der Waals surface area contributed by atoms with Gasteiger partial charge in [-0.3, -0.25) is 5.41 Å². The van der Waals surface area contributed by atoms with Crippen molar-refractivity contribution in [2.45, 2.75) is 58.1 Å². The molecule has 3 aromatic rings. The van der Waals surface area contributed by atoms with Crippen LogP contribution in [0.1, 0.15) is 51.3 Å². The molecule has 11 heteroatoms. The predicted octanol–water partition coefficient (Wildman–Crippen LogP) is 5.57. The highest BCUT2D eigenvalue weighted by Gasteiger charge is 2.30. The second-order valence-electron chi connectivity index (χ2n) is 10.6. The number of hydrogen-bond acceptors (Lipinski definition) is 8. The summed E-state index contributed by atoms with van der Waals surface area (Å²) in [6, 6.07) is 7.38. The molecule has 3 heterocycles. The number of halogens is 1. The van der Waals surface area contributed by atoms with Crippen LogP contribution in [-0.4, -0.2) is 57.3 Å². The number of nitrogens with one attached hydrogen (secondary N) is 1. The third kappa shape index (κ3) is 6.13. The van der Waals surface area contributed by atoms with Crippen LogP contribution >= 0.6 is 11.6 Å². The molecule has 1 atom stereocenters. The Labute approximate surface area is 239 Å². The zero-order valence-electron chi connectivity index (χ0n) is 22.8. The molecule has 2 aromatic heterocycles. The second-order valence-corrected chi connectivity index (χ2v) is 11.0. The fourth-order valence-corrected chi connectivity index (χ4v) is 5.98. The number of anilines is 1. The molecule has 1 amide bonds. The third-order valence-electron chi connectivity index (χ3n) is 7.78. The molecule has 3 N–H and O–H groups in total. The molecule has 2 aliphatic rings. The molecule has 0 bridgehead atoms. The molecule has 40 heavy (non-hydrogen) atoms. The maximum atomic E-state index is 11.4. The summed E-state index contributed by atoms with van der Waals surface area (Å²) < 4.78 is 13.1. The molecular weight excluding hydrogens is 530 g/mol. The summed E-state index contributed by atoms with van der Waals surface area (Å²) in [5.74, 6) is 1.22. The summed E-state index contributed by atoms with van der Waals surface area (Å²) in [6.07, 6.45) is 7.55. The highest BCUT2D eigenvalue weighted by molar-refractivity contribution is 6.30. The molecule has 212 valence electrons. The molecule has 1 aliphatic heterocycles. The first-order valence-corrected chi connectivity index (χ1v) is 14.3. The molecule has 5 rings (SSSR count). The van der Waals surface area contributed by atoms with Crippen LogP contribution in [0.4, 0.5) is 10.7 Å². The van der Waals surface area contributed by atoms with E-state index in [0.717, 1.165) is 68.6 Å². The smallest absolute Gasteiger partial charge is 0.388 e. The van der Waals surface area contributed by atoms with Crippen LogP contribution in [0.2, 0.25) is 5.02 Å². The minimum absolute atomic E-state index is 0.0743. The summed E-state index contributed by atoms with van der Waals surface area (Å²) in [6.45, 7) is 8.98. The number of nitrogens with two attached hydrogens (primary N) is 1. The van der Waals surface area contributed by atoms with Crippen LogP contribution < -0.4 is 10.6 Å². The monoisotopic (exact) mass is 565 g/mol. The number of carbonyl (C=O) groups excluding carboxylic acids is 1. The Balaban J connectivity index is 1.66. The maximum Gasteiger partial charge on any atom is 0.411 e. The topological polar surface area (TPSA) is 132 Å². The Morgan fingerprint density at radius 1 is 1.27 bits per heavy atom. The number of ether oxygens (including phenoxy) is 2. The summed E-state index contributed by atoms with van der Waals surface area (Å²) in [5, 5.41) is 8.82. The number of imidazole rings is 1. The van der Waals surface area contributed by atoms with Crippen molar-refractivity contribution in [3.8, 4) is 11.3 Å². The Morgan fingerprint density at radius 2 is 2.08 bits per heavy atom. The van der Waals surface area contributed by atoms with E-state index < -0.39 is 12.0 Å². The summed E-state index contributed by atoms with van der Waals surface area (Å²) in [4.78, 5) is 28.0. The minimum Gasteiger partial charge on any atom is -0.388 e. The van der Waals surface area contributed by atoms with E-state index in [0.29, 0.717) is 41.4 Å². The number of allylic oxidation sites excluding steroid dienone is 1. The SMILES string of the molecule is C=C[C@H]1CC[C@H](Cn2c(N3CCO[C@H](CCC)C3)nc3nc(C(=N)OC(N)=O)nc(-c4cccc(Cl)c4)c32)CC1. The number of nitrogens with zero attached hydrogens (tertiary/aromatic N) is 5. The summed E-state index contributed by atoms with van der Waals surface area (Å²) in [5.41, 5.74) is 7.68. The van der Waals surface area contributed by atoms with Crippen LogP contribution in [0.3, 0.4) is 0 Å². The van der Waals surface area contributed by atoms with Gasteiger partial charge in [-0.15, -0.1) is 6.58 Å². The Bertz CT molecular complexity index is 1400. The molecule has 1 aromatic carbocycles. The first-order valence-electron chi connectivity index (χ1n) is 14.0. The average Bonchev–Trinajstić information content (AvgIpc) is 3.31. The second kappa shape index (κ2) is 12.3. The maximum absolute atomic E-state index is 11.4. The van der Waals surface area contributed by atoms with E-state index in [4.69, 9.17) is 42.2 Å². The first kappa shape index (κ1) is 28.0. The Hall–Kier alpha value is -3.50. The van der Waals surface area contributed by atoms with Crippen molar-refractivity contribution in [3.05, 3.63) is 47.8 Å². The fourth-order valence-electron chi connectivity index (χ4n) is 5.79. The highest BCUT2D eigenvalue weighted by Crippen LogP contribution is 2.36. The quantitative estimate of drug-likeness (QED) is 0.207. The third-order valence-corrected chi connectivity index (χ3v) is 8.02. The van der Waals surface area contributed by atoms with Crippen LogP contribution in [0.25, 0.3) is 22.4 Å². The lowest BCUT2D eigenvalue weighted by Gasteiger charge is -2.35. The van der Waals surface area contributed by atoms with E-state index in [1.807, 2.05) is 18.2 Å². The van der Waals surface area contributed by atoms with E-state index >= 15 is 0 Å². The van der Waals surface area contributed by atoms with Gasteiger partial charge in [0.15, 0.2) is 5.65 Å². The van der Waals surface area contributed by atoms with Crippen molar-refractivity contribution in [2.24, 2.45) is 17.6 Å². The zero-order chi connectivity index (χ0) is 28.2. The first-order chi connectivity index (χ1) is 19.4. The summed E-state index contributed by atoms with van der Waals surface area (Å²) in [7, 11) is 0. The lowest BCUT2D eigenvalue weighted by Crippen LogP contribution is -2.43. The van der Waals surface area contributed by atoms with Gasteiger partial charge >= 0.3 is 6.09 Å². The number of amides is 1. The van der Waals surface area contributed by atoms with Crippen LogP contribution in [-0.2, 0) is 16.0 Å².